The van der Waals surface area contributed by atoms with Crippen molar-refractivity contribution in [3.8, 4) is 0 Å². The van der Waals surface area contributed by atoms with Crippen LogP contribution in [0.4, 0.5) is 0 Å². The smallest absolute Gasteiger partial charge is 0.0564 e. The minimum Gasteiger partial charge on any atom is -0.297 e. The maximum atomic E-state index is 5.14. The largest absolute Gasteiger partial charge is 0.297 e. The van der Waals surface area contributed by atoms with Crippen molar-refractivity contribution in [3.05, 3.63) is 24.8 Å². The van der Waals surface area contributed by atoms with E-state index in [2.05, 4.69) is 18.3 Å². The van der Waals surface area contributed by atoms with E-state index in [1.165, 1.54) is 0 Å². The Hall–Kier alpha value is -1.09. The van der Waals surface area contributed by atoms with E-state index in [0.29, 0.717) is 0 Å². The number of hydroxylamine groups is 2. The fourth-order valence-corrected chi connectivity index (χ4v) is 0.648. The van der Waals surface area contributed by atoms with Crippen molar-refractivity contribution in [2.75, 3.05) is 13.6 Å². The van der Waals surface area contributed by atoms with Gasteiger partial charge in [-0.3, -0.25) is 4.94 Å². The third-order valence-electron chi connectivity index (χ3n) is 1.88. The van der Waals surface area contributed by atoms with Crippen LogP contribution in [0.3, 0.4) is 0 Å². The molecule has 0 spiro atoms. The lowest BCUT2D eigenvalue weighted by atomic mass is 10.2. The Kier molecular flexibility index (Phi) is 6.76. The van der Waals surface area contributed by atoms with Crippen LogP contribution in [0.1, 0.15) is 26.7 Å². The Labute approximate surface area is 86.7 Å². The first-order valence-electron chi connectivity index (χ1n) is 4.82. The lowest BCUT2D eigenvalue weighted by Gasteiger charge is -2.12. The first-order chi connectivity index (χ1) is 6.60. The first kappa shape index (κ1) is 12.9. The van der Waals surface area contributed by atoms with Crippen LogP contribution >= 0.6 is 0 Å². The molecule has 3 heteroatoms. The summed E-state index contributed by atoms with van der Waals surface area (Å²) in [6.07, 6.45) is 3.52. The summed E-state index contributed by atoms with van der Waals surface area (Å²) < 4.78 is 0. The van der Waals surface area contributed by atoms with Gasteiger partial charge >= 0.3 is 0 Å². The van der Waals surface area contributed by atoms with Crippen molar-refractivity contribution in [1.29, 1.82) is 0 Å². The maximum absolute atomic E-state index is 5.14. The van der Waals surface area contributed by atoms with E-state index in [9.17, 15) is 0 Å². The minimum absolute atomic E-state index is 0.769. The molecule has 0 aliphatic carbocycles. The second kappa shape index (κ2) is 7.33. The second-order valence-corrected chi connectivity index (χ2v) is 3.23. The van der Waals surface area contributed by atoms with Crippen molar-refractivity contribution < 1.29 is 4.94 Å². The second-order valence-electron chi connectivity index (χ2n) is 3.23. The number of rotatable bonds is 7. The van der Waals surface area contributed by atoms with Crippen LogP contribution in [0.2, 0.25) is 0 Å². The molecule has 0 aromatic heterocycles. The fourth-order valence-electron chi connectivity index (χ4n) is 0.648. The Morgan fingerprint density at radius 3 is 2.71 bits per heavy atom. The van der Waals surface area contributed by atoms with E-state index in [4.69, 9.17) is 4.94 Å². The molecular weight excluding hydrogens is 176 g/mol. The van der Waals surface area contributed by atoms with Gasteiger partial charge in [0, 0.05) is 13.6 Å². The minimum atomic E-state index is 0.769. The average Bonchev–Trinajstić information content (AvgIpc) is 2.22. The lowest BCUT2D eigenvalue weighted by Crippen LogP contribution is -2.18. The van der Waals surface area contributed by atoms with Gasteiger partial charge in [-0.2, -0.15) is 0 Å². The maximum Gasteiger partial charge on any atom is 0.0564 e. The Morgan fingerprint density at radius 2 is 2.21 bits per heavy atom. The molecule has 0 aromatic carbocycles. The van der Waals surface area contributed by atoms with Gasteiger partial charge in [-0.25, -0.2) is 0 Å². The Balaban J connectivity index is 3.70. The van der Waals surface area contributed by atoms with Crippen LogP contribution in [0.25, 0.3) is 0 Å². The van der Waals surface area contributed by atoms with Crippen molar-refractivity contribution in [2.24, 2.45) is 5.16 Å². The third kappa shape index (κ3) is 6.43. The number of nitrogens with zero attached hydrogens (tertiary/aromatic N) is 2. The average molecular weight is 196 g/mol. The third-order valence-corrected chi connectivity index (χ3v) is 1.88. The van der Waals surface area contributed by atoms with E-state index in [-0.39, 0.29) is 0 Å². The molecule has 0 saturated carbocycles. The molecule has 0 N–H and O–H groups in total. The molecule has 0 rings (SSSR count). The molecular formula is C11H20N2O. The quantitative estimate of drug-likeness (QED) is 0.355. The molecule has 0 unspecified atom stereocenters. The van der Waals surface area contributed by atoms with Gasteiger partial charge in [0.1, 0.15) is 0 Å². The highest BCUT2D eigenvalue weighted by molar-refractivity contribution is 5.80. The zero-order chi connectivity index (χ0) is 11.0. The fraction of sp³-hybridized carbons (Fsp3) is 0.545. The summed E-state index contributed by atoms with van der Waals surface area (Å²) in [5, 5.41) is 5.62. The van der Waals surface area contributed by atoms with Gasteiger partial charge in [0.15, 0.2) is 0 Å². The van der Waals surface area contributed by atoms with Gasteiger partial charge in [0.2, 0.25) is 0 Å². The number of allylic oxidation sites excluding steroid dienone is 1. The Bertz CT molecular complexity index is 221. The molecule has 80 valence electrons. The van der Waals surface area contributed by atoms with Crippen LogP contribution in [0.15, 0.2) is 30.0 Å². The molecule has 14 heavy (non-hydrogen) atoms. The number of oxime groups is 1. The van der Waals surface area contributed by atoms with E-state index in [1.54, 1.807) is 11.1 Å². The van der Waals surface area contributed by atoms with Crippen LogP contribution in [-0.4, -0.2) is 24.4 Å². The summed E-state index contributed by atoms with van der Waals surface area (Å²) >= 11 is 0. The lowest BCUT2D eigenvalue weighted by molar-refractivity contribution is -0.138. The SMILES string of the molecule is C=CC(=C)CCN(C)O/N=C(/C)CC. The van der Waals surface area contributed by atoms with Crippen molar-refractivity contribution >= 4 is 5.71 Å². The van der Waals surface area contributed by atoms with E-state index in [1.807, 2.05) is 20.9 Å². The number of hydrogen-bond donors (Lipinski definition) is 0. The summed E-state index contributed by atoms with van der Waals surface area (Å²) in [4.78, 5) is 5.14. The molecule has 3 nitrogen and oxygen atoms in total. The van der Waals surface area contributed by atoms with Crippen molar-refractivity contribution in [1.82, 2.24) is 5.06 Å². The molecule has 0 fully saturated rings. The highest BCUT2D eigenvalue weighted by Gasteiger charge is 1.98. The molecule has 0 heterocycles. The Morgan fingerprint density at radius 1 is 1.57 bits per heavy atom. The van der Waals surface area contributed by atoms with Gasteiger partial charge in [-0.05, 0) is 19.8 Å². The van der Waals surface area contributed by atoms with Crippen LogP contribution in [0.5, 0.6) is 0 Å². The molecule has 0 atom stereocenters. The summed E-state index contributed by atoms with van der Waals surface area (Å²) in [5.74, 6) is 0. The van der Waals surface area contributed by atoms with Gasteiger partial charge < -0.3 is 0 Å². The zero-order valence-electron chi connectivity index (χ0n) is 9.42. The van der Waals surface area contributed by atoms with Gasteiger partial charge in [-0.15, -0.1) is 5.06 Å². The molecule has 0 amide bonds. The summed E-state index contributed by atoms with van der Waals surface area (Å²) in [6.45, 7) is 12.2. The van der Waals surface area contributed by atoms with Crippen molar-refractivity contribution in [3.63, 3.8) is 0 Å². The topological polar surface area (TPSA) is 24.8 Å². The van der Waals surface area contributed by atoms with E-state index in [0.717, 1.165) is 30.7 Å². The monoisotopic (exact) mass is 196 g/mol. The predicted molar refractivity (Wildman–Crippen MR) is 61.1 cm³/mol. The molecule has 0 bridgehead atoms. The molecule has 0 aliphatic heterocycles. The molecule has 0 aliphatic rings. The van der Waals surface area contributed by atoms with E-state index >= 15 is 0 Å². The van der Waals surface area contributed by atoms with Crippen LogP contribution in [-0.2, 0) is 4.94 Å². The van der Waals surface area contributed by atoms with E-state index < -0.39 is 0 Å². The number of hydrogen-bond acceptors (Lipinski definition) is 3. The van der Waals surface area contributed by atoms with Crippen LogP contribution < -0.4 is 0 Å². The highest BCUT2D eigenvalue weighted by Crippen LogP contribution is 2.00. The van der Waals surface area contributed by atoms with Gasteiger partial charge in [0.05, 0.1) is 5.71 Å². The molecule has 0 saturated heterocycles. The van der Waals surface area contributed by atoms with Crippen LogP contribution in [0, 0.1) is 0 Å². The zero-order valence-corrected chi connectivity index (χ0v) is 9.42. The molecule has 0 radical (unpaired) electrons. The van der Waals surface area contributed by atoms with Crippen molar-refractivity contribution in [2.45, 2.75) is 26.7 Å². The van der Waals surface area contributed by atoms with Gasteiger partial charge in [0.25, 0.3) is 0 Å². The normalized spacial score (nSPS) is 11.6. The standard InChI is InChI=1S/C11H20N2O/c1-6-10(3)8-9-13(5)14-12-11(4)7-2/h6H,1,3,7-9H2,2,4-5H3/b12-11-. The highest BCUT2D eigenvalue weighted by atomic mass is 16.8. The summed E-state index contributed by atoms with van der Waals surface area (Å²) in [7, 11) is 1.85. The summed E-state index contributed by atoms with van der Waals surface area (Å²) in [5.41, 5.74) is 2.00. The predicted octanol–water partition coefficient (Wildman–Crippen LogP) is 2.77. The summed E-state index contributed by atoms with van der Waals surface area (Å²) in [6, 6.07) is 0. The molecule has 0 aromatic rings. The van der Waals surface area contributed by atoms with Gasteiger partial charge in [-0.1, -0.05) is 36.9 Å². The first-order valence-corrected chi connectivity index (χ1v) is 4.82.